The lowest BCUT2D eigenvalue weighted by Gasteiger charge is -2.14. The zero-order chi connectivity index (χ0) is 14.0. The molecule has 0 fully saturated rings. The molecule has 0 radical (unpaired) electrons. The second-order valence-electron chi connectivity index (χ2n) is 4.55. The highest BCUT2D eigenvalue weighted by Crippen LogP contribution is 2.23. The van der Waals surface area contributed by atoms with Gasteiger partial charge in [0.15, 0.2) is 5.78 Å². The van der Waals surface area contributed by atoms with E-state index in [0.717, 1.165) is 0 Å². The van der Waals surface area contributed by atoms with Crippen molar-refractivity contribution in [2.45, 2.75) is 39.2 Å². The molecule has 0 saturated heterocycles. The van der Waals surface area contributed by atoms with Gasteiger partial charge in [-0.05, 0) is 25.0 Å². The third-order valence-electron chi connectivity index (χ3n) is 3.38. The van der Waals surface area contributed by atoms with E-state index in [2.05, 4.69) is 0 Å². The average Bonchev–Trinajstić information content (AvgIpc) is 2.73. The Hall–Kier alpha value is -1.91. The van der Waals surface area contributed by atoms with Crippen LogP contribution in [0.4, 0.5) is 0 Å². The number of esters is 1. The maximum Gasteiger partial charge on any atom is 0.313 e. The lowest BCUT2D eigenvalue weighted by atomic mass is 9.96. The molecule has 0 N–H and O–H groups in total. The van der Waals surface area contributed by atoms with Crippen LogP contribution >= 0.6 is 0 Å². The van der Waals surface area contributed by atoms with Crippen molar-refractivity contribution < 1.29 is 14.3 Å². The van der Waals surface area contributed by atoms with Crippen molar-refractivity contribution in [1.29, 1.82) is 0 Å². The Morgan fingerprint density at radius 1 is 1.37 bits per heavy atom. The summed E-state index contributed by atoms with van der Waals surface area (Å²) in [6, 6.07) is 3.09. The minimum atomic E-state index is -0.480. The molecule has 1 aliphatic heterocycles. The van der Waals surface area contributed by atoms with E-state index in [0.29, 0.717) is 37.3 Å². The van der Waals surface area contributed by atoms with Crippen molar-refractivity contribution in [3.63, 3.8) is 0 Å². The quantitative estimate of drug-likeness (QED) is 0.772. The van der Waals surface area contributed by atoms with Crippen LogP contribution in [0.2, 0.25) is 0 Å². The number of ketones is 1. The number of ether oxygens (including phenoxy) is 1. The van der Waals surface area contributed by atoms with Gasteiger partial charge >= 0.3 is 5.97 Å². The SMILES string of the molecule is CCOC(=O)C(CC)c1cc2n(c(=O)c1)CCC2=O. The number of rotatable bonds is 4. The second kappa shape index (κ2) is 5.38. The van der Waals surface area contributed by atoms with E-state index in [4.69, 9.17) is 4.74 Å². The van der Waals surface area contributed by atoms with E-state index < -0.39 is 5.92 Å². The molecule has 2 rings (SSSR count). The molecule has 1 aromatic heterocycles. The van der Waals surface area contributed by atoms with Crippen molar-refractivity contribution in [3.8, 4) is 0 Å². The first kappa shape index (κ1) is 13.5. The van der Waals surface area contributed by atoms with Gasteiger partial charge in [0, 0.05) is 19.0 Å². The molecule has 0 aliphatic carbocycles. The molecule has 5 heteroatoms. The molecule has 0 aromatic carbocycles. The van der Waals surface area contributed by atoms with Gasteiger partial charge in [-0.25, -0.2) is 0 Å². The number of Topliss-reactive ketones (excluding diaryl/α,β-unsaturated/α-hetero) is 1. The molecule has 1 aromatic rings. The van der Waals surface area contributed by atoms with E-state index in [1.165, 1.54) is 10.6 Å². The maximum absolute atomic E-state index is 11.9. The fraction of sp³-hybridized carbons (Fsp3) is 0.500. The largest absolute Gasteiger partial charge is 0.466 e. The maximum atomic E-state index is 11.9. The molecule has 1 atom stereocenters. The van der Waals surface area contributed by atoms with Gasteiger partial charge in [-0.2, -0.15) is 0 Å². The summed E-state index contributed by atoms with van der Waals surface area (Å²) in [5.74, 6) is -0.871. The van der Waals surface area contributed by atoms with Crippen LogP contribution in [0.1, 0.15) is 48.7 Å². The van der Waals surface area contributed by atoms with Crippen LogP contribution in [-0.4, -0.2) is 22.9 Å². The Morgan fingerprint density at radius 3 is 2.74 bits per heavy atom. The highest BCUT2D eigenvalue weighted by atomic mass is 16.5. The lowest BCUT2D eigenvalue weighted by Crippen LogP contribution is -2.23. The third-order valence-corrected chi connectivity index (χ3v) is 3.38. The zero-order valence-corrected chi connectivity index (χ0v) is 11.1. The number of aromatic nitrogens is 1. The molecular weight excluding hydrogens is 246 g/mol. The molecule has 1 aliphatic rings. The summed E-state index contributed by atoms with van der Waals surface area (Å²) in [5, 5.41) is 0. The molecule has 1 unspecified atom stereocenters. The van der Waals surface area contributed by atoms with Crippen LogP contribution in [0.25, 0.3) is 0 Å². The van der Waals surface area contributed by atoms with E-state index in [9.17, 15) is 14.4 Å². The predicted molar refractivity (Wildman–Crippen MR) is 69.3 cm³/mol. The molecule has 0 saturated carbocycles. The molecule has 102 valence electrons. The lowest BCUT2D eigenvalue weighted by molar-refractivity contribution is -0.145. The van der Waals surface area contributed by atoms with E-state index in [1.54, 1.807) is 13.0 Å². The van der Waals surface area contributed by atoms with Gasteiger partial charge in [0.2, 0.25) is 0 Å². The van der Waals surface area contributed by atoms with Crippen LogP contribution in [0.5, 0.6) is 0 Å². The summed E-state index contributed by atoms with van der Waals surface area (Å²) in [7, 11) is 0. The smallest absolute Gasteiger partial charge is 0.313 e. The van der Waals surface area contributed by atoms with Crippen LogP contribution < -0.4 is 5.56 Å². The number of hydrogen-bond donors (Lipinski definition) is 0. The Kier molecular flexibility index (Phi) is 3.83. The monoisotopic (exact) mass is 263 g/mol. The van der Waals surface area contributed by atoms with Gasteiger partial charge in [-0.15, -0.1) is 0 Å². The molecule has 19 heavy (non-hydrogen) atoms. The number of pyridine rings is 1. The normalized spacial score (nSPS) is 15.2. The van der Waals surface area contributed by atoms with Crippen molar-refractivity contribution in [3.05, 3.63) is 33.7 Å². The minimum Gasteiger partial charge on any atom is -0.466 e. The summed E-state index contributed by atoms with van der Waals surface area (Å²) in [6.45, 7) is 4.33. The summed E-state index contributed by atoms with van der Waals surface area (Å²) < 4.78 is 6.46. The Labute approximate surface area is 111 Å². The van der Waals surface area contributed by atoms with Crippen LogP contribution in [0, 0.1) is 0 Å². The van der Waals surface area contributed by atoms with E-state index in [1.807, 2.05) is 6.92 Å². The standard InChI is InChI=1S/C14H17NO4/c1-3-10(14(18)19-4-2)9-7-11-12(16)5-6-15(11)13(17)8-9/h7-8,10H,3-6H2,1-2H3. The highest BCUT2D eigenvalue weighted by Gasteiger charge is 2.26. The first-order valence-corrected chi connectivity index (χ1v) is 6.53. The molecular formula is C14H17NO4. The van der Waals surface area contributed by atoms with Gasteiger partial charge in [0.05, 0.1) is 18.2 Å². The fourth-order valence-electron chi connectivity index (χ4n) is 2.40. The first-order valence-electron chi connectivity index (χ1n) is 6.53. The molecule has 0 amide bonds. The first-order chi connectivity index (χ1) is 9.08. The van der Waals surface area contributed by atoms with Gasteiger partial charge in [-0.3, -0.25) is 14.4 Å². The number of fused-ring (bicyclic) bond motifs is 1. The predicted octanol–water partition coefficient (Wildman–Crippen LogP) is 1.49. The van der Waals surface area contributed by atoms with Crippen molar-refractivity contribution in [2.24, 2.45) is 0 Å². The molecule has 0 spiro atoms. The Morgan fingerprint density at radius 2 is 2.11 bits per heavy atom. The summed E-state index contributed by atoms with van der Waals surface area (Å²) >= 11 is 0. The van der Waals surface area contributed by atoms with E-state index >= 15 is 0 Å². The Bertz CT molecular complexity index is 573. The van der Waals surface area contributed by atoms with Gasteiger partial charge in [-0.1, -0.05) is 6.92 Å². The summed E-state index contributed by atoms with van der Waals surface area (Å²) in [6.07, 6.45) is 0.894. The average molecular weight is 263 g/mol. The van der Waals surface area contributed by atoms with Gasteiger partial charge in [0.1, 0.15) is 0 Å². The highest BCUT2D eigenvalue weighted by molar-refractivity contribution is 5.96. The third kappa shape index (κ3) is 2.45. The minimum absolute atomic E-state index is 0.0438. The van der Waals surface area contributed by atoms with E-state index in [-0.39, 0.29) is 17.3 Å². The van der Waals surface area contributed by atoms with Crippen LogP contribution in [0.3, 0.4) is 0 Å². The van der Waals surface area contributed by atoms with Gasteiger partial charge < -0.3 is 9.30 Å². The van der Waals surface area contributed by atoms with Crippen molar-refractivity contribution in [2.75, 3.05) is 6.61 Å². The number of carbonyl (C=O) groups is 2. The number of carbonyl (C=O) groups excluding carboxylic acids is 2. The topological polar surface area (TPSA) is 65.4 Å². The molecule has 0 bridgehead atoms. The molecule has 5 nitrogen and oxygen atoms in total. The van der Waals surface area contributed by atoms with Gasteiger partial charge in [0.25, 0.3) is 5.56 Å². The van der Waals surface area contributed by atoms with Crippen LogP contribution in [0.15, 0.2) is 16.9 Å². The Balaban J connectivity index is 2.43. The fourth-order valence-corrected chi connectivity index (χ4v) is 2.40. The van der Waals surface area contributed by atoms with Crippen molar-refractivity contribution >= 4 is 11.8 Å². The summed E-state index contributed by atoms with van der Waals surface area (Å²) in [4.78, 5) is 35.5. The van der Waals surface area contributed by atoms with Crippen LogP contribution in [-0.2, 0) is 16.1 Å². The van der Waals surface area contributed by atoms with Crippen molar-refractivity contribution in [1.82, 2.24) is 4.57 Å². The number of hydrogen-bond acceptors (Lipinski definition) is 4. The zero-order valence-electron chi connectivity index (χ0n) is 11.1. The number of nitrogens with zero attached hydrogens (tertiary/aromatic N) is 1. The summed E-state index contributed by atoms with van der Waals surface area (Å²) in [5.41, 5.74) is 0.763. The molecule has 2 heterocycles. The second-order valence-corrected chi connectivity index (χ2v) is 4.55.